The molecule has 0 radical (unpaired) electrons. The van der Waals surface area contributed by atoms with Crippen molar-refractivity contribution in [3.8, 4) is 5.75 Å². The first-order valence-corrected chi connectivity index (χ1v) is 7.17. The Morgan fingerprint density at radius 3 is 2.70 bits per heavy atom. The molecule has 0 saturated heterocycles. The third kappa shape index (κ3) is 3.87. The van der Waals surface area contributed by atoms with E-state index < -0.39 is 0 Å². The van der Waals surface area contributed by atoms with Crippen molar-refractivity contribution in [2.24, 2.45) is 0 Å². The predicted molar refractivity (Wildman–Crippen MR) is 83.5 cm³/mol. The predicted octanol–water partition coefficient (Wildman–Crippen LogP) is 4.70. The van der Waals surface area contributed by atoms with E-state index in [0.29, 0.717) is 11.6 Å². The zero-order valence-electron chi connectivity index (χ0n) is 11.8. The van der Waals surface area contributed by atoms with Crippen LogP contribution in [0.3, 0.4) is 0 Å². The van der Waals surface area contributed by atoms with E-state index in [4.69, 9.17) is 16.3 Å². The van der Waals surface area contributed by atoms with Gasteiger partial charge in [-0.05, 0) is 49.2 Å². The second-order valence-electron chi connectivity index (χ2n) is 4.64. The number of aromatic nitrogens is 1. The standard InChI is InChI=1S/C16H19ClN2O/c1-3-10-20-16-5-4-14(17)11-15(16)19-12(2)13-6-8-18-9-7-13/h4-9,11-12,19H,3,10H2,1-2H3. The van der Waals surface area contributed by atoms with Gasteiger partial charge in [-0.15, -0.1) is 0 Å². The van der Waals surface area contributed by atoms with E-state index >= 15 is 0 Å². The fourth-order valence-corrected chi connectivity index (χ4v) is 2.09. The van der Waals surface area contributed by atoms with E-state index in [1.165, 1.54) is 5.56 Å². The molecule has 0 spiro atoms. The number of nitrogens with one attached hydrogen (secondary N) is 1. The van der Waals surface area contributed by atoms with E-state index in [-0.39, 0.29) is 6.04 Å². The SMILES string of the molecule is CCCOc1ccc(Cl)cc1NC(C)c1ccncc1. The normalized spacial score (nSPS) is 11.9. The first-order valence-electron chi connectivity index (χ1n) is 6.79. The summed E-state index contributed by atoms with van der Waals surface area (Å²) in [5.74, 6) is 0.831. The summed E-state index contributed by atoms with van der Waals surface area (Å²) in [7, 11) is 0. The number of nitrogens with zero attached hydrogens (tertiary/aromatic N) is 1. The number of ether oxygens (including phenoxy) is 1. The Morgan fingerprint density at radius 1 is 1.25 bits per heavy atom. The number of pyridine rings is 1. The van der Waals surface area contributed by atoms with Crippen LogP contribution in [-0.4, -0.2) is 11.6 Å². The summed E-state index contributed by atoms with van der Waals surface area (Å²) in [6.45, 7) is 4.88. The van der Waals surface area contributed by atoms with Gasteiger partial charge in [0, 0.05) is 23.5 Å². The smallest absolute Gasteiger partial charge is 0.142 e. The van der Waals surface area contributed by atoms with E-state index in [1.807, 2.05) is 30.3 Å². The Morgan fingerprint density at radius 2 is 2.00 bits per heavy atom. The molecule has 106 valence electrons. The molecule has 0 fully saturated rings. The molecule has 1 aromatic heterocycles. The monoisotopic (exact) mass is 290 g/mol. The van der Waals surface area contributed by atoms with Gasteiger partial charge >= 0.3 is 0 Å². The van der Waals surface area contributed by atoms with Gasteiger partial charge in [0.25, 0.3) is 0 Å². The van der Waals surface area contributed by atoms with Crippen molar-refractivity contribution in [1.29, 1.82) is 0 Å². The average molecular weight is 291 g/mol. The maximum absolute atomic E-state index is 6.07. The minimum atomic E-state index is 0.153. The molecule has 0 amide bonds. The van der Waals surface area contributed by atoms with E-state index in [1.54, 1.807) is 12.4 Å². The van der Waals surface area contributed by atoms with Gasteiger partial charge in [0.1, 0.15) is 5.75 Å². The van der Waals surface area contributed by atoms with E-state index in [9.17, 15) is 0 Å². The zero-order valence-corrected chi connectivity index (χ0v) is 12.5. The number of benzene rings is 1. The molecule has 3 nitrogen and oxygen atoms in total. The first-order chi connectivity index (χ1) is 9.70. The maximum atomic E-state index is 6.07. The molecule has 1 atom stereocenters. The molecule has 0 aliphatic carbocycles. The van der Waals surface area contributed by atoms with Crippen molar-refractivity contribution < 1.29 is 4.74 Å². The average Bonchev–Trinajstić information content (AvgIpc) is 2.47. The minimum Gasteiger partial charge on any atom is -0.491 e. The Bertz CT molecular complexity index is 545. The summed E-state index contributed by atoms with van der Waals surface area (Å²) in [5.41, 5.74) is 2.08. The van der Waals surface area contributed by atoms with Gasteiger partial charge in [-0.1, -0.05) is 18.5 Å². The second kappa shape index (κ2) is 7.15. The highest BCUT2D eigenvalue weighted by atomic mass is 35.5. The third-order valence-electron chi connectivity index (χ3n) is 2.98. The highest BCUT2D eigenvalue weighted by Crippen LogP contribution is 2.31. The lowest BCUT2D eigenvalue weighted by Crippen LogP contribution is -2.08. The quantitative estimate of drug-likeness (QED) is 0.837. The van der Waals surface area contributed by atoms with Crippen molar-refractivity contribution >= 4 is 17.3 Å². The van der Waals surface area contributed by atoms with Crippen molar-refractivity contribution in [3.05, 3.63) is 53.3 Å². The van der Waals surface area contributed by atoms with Crippen LogP contribution in [-0.2, 0) is 0 Å². The van der Waals surface area contributed by atoms with Gasteiger partial charge in [-0.25, -0.2) is 0 Å². The lowest BCUT2D eigenvalue weighted by Gasteiger charge is -2.18. The lowest BCUT2D eigenvalue weighted by atomic mass is 10.1. The summed E-state index contributed by atoms with van der Waals surface area (Å²) < 4.78 is 5.74. The Kier molecular flexibility index (Phi) is 5.24. The van der Waals surface area contributed by atoms with Crippen LogP contribution in [0.1, 0.15) is 31.9 Å². The molecule has 0 saturated carbocycles. The van der Waals surface area contributed by atoms with Gasteiger partial charge < -0.3 is 10.1 Å². The first kappa shape index (κ1) is 14.7. The summed E-state index contributed by atoms with van der Waals surface area (Å²) >= 11 is 6.07. The van der Waals surface area contributed by atoms with Gasteiger partial charge in [0.2, 0.25) is 0 Å². The molecule has 0 aliphatic rings. The van der Waals surface area contributed by atoms with Gasteiger partial charge in [-0.2, -0.15) is 0 Å². The Labute approximate surface area is 124 Å². The largest absolute Gasteiger partial charge is 0.491 e. The number of halogens is 1. The molecule has 2 aromatic rings. The fraction of sp³-hybridized carbons (Fsp3) is 0.312. The highest BCUT2D eigenvalue weighted by Gasteiger charge is 2.10. The van der Waals surface area contributed by atoms with Crippen LogP contribution >= 0.6 is 11.6 Å². The highest BCUT2D eigenvalue weighted by molar-refractivity contribution is 6.30. The van der Waals surface area contributed by atoms with Crippen LogP contribution < -0.4 is 10.1 Å². The topological polar surface area (TPSA) is 34.1 Å². The number of anilines is 1. The Hall–Kier alpha value is -1.74. The number of hydrogen-bond donors (Lipinski definition) is 1. The molecule has 2 rings (SSSR count). The molecule has 4 heteroatoms. The van der Waals surface area contributed by atoms with Crippen molar-refractivity contribution in [2.75, 3.05) is 11.9 Å². The zero-order chi connectivity index (χ0) is 14.4. The van der Waals surface area contributed by atoms with Gasteiger partial charge in [0.05, 0.1) is 12.3 Å². The van der Waals surface area contributed by atoms with Gasteiger partial charge in [0.15, 0.2) is 0 Å². The van der Waals surface area contributed by atoms with Crippen molar-refractivity contribution in [3.63, 3.8) is 0 Å². The van der Waals surface area contributed by atoms with Gasteiger partial charge in [-0.3, -0.25) is 4.98 Å². The third-order valence-corrected chi connectivity index (χ3v) is 3.22. The fourth-order valence-electron chi connectivity index (χ4n) is 1.92. The van der Waals surface area contributed by atoms with E-state index in [0.717, 1.165) is 17.9 Å². The van der Waals surface area contributed by atoms with Crippen LogP contribution in [0.2, 0.25) is 5.02 Å². The molecule has 20 heavy (non-hydrogen) atoms. The molecular formula is C16H19ClN2O. The second-order valence-corrected chi connectivity index (χ2v) is 5.07. The number of rotatable bonds is 6. The van der Waals surface area contributed by atoms with E-state index in [2.05, 4.69) is 24.1 Å². The van der Waals surface area contributed by atoms with Crippen LogP contribution in [0.25, 0.3) is 0 Å². The minimum absolute atomic E-state index is 0.153. The molecule has 1 N–H and O–H groups in total. The van der Waals surface area contributed by atoms with Crippen LogP contribution in [0.15, 0.2) is 42.7 Å². The molecular weight excluding hydrogens is 272 g/mol. The molecule has 1 unspecified atom stereocenters. The number of hydrogen-bond acceptors (Lipinski definition) is 3. The summed E-state index contributed by atoms with van der Waals surface area (Å²) in [5, 5.41) is 4.13. The van der Waals surface area contributed by atoms with Crippen LogP contribution in [0.5, 0.6) is 5.75 Å². The molecule has 0 aliphatic heterocycles. The summed E-state index contributed by atoms with van der Waals surface area (Å²) in [6.07, 6.45) is 4.56. The summed E-state index contributed by atoms with van der Waals surface area (Å²) in [6, 6.07) is 9.78. The van der Waals surface area contributed by atoms with Crippen molar-refractivity contribution in [2.45, 2.75) is 26.3 Å². The molecule has 1 aromatic carbocycles. The lowest BCUT2D eigenvalue weighted by molar-refractivity contribution is 0.318. The maximum Gasteiger partial charge on any atom is 0.142 e. The van der Waals surface area contributed by atoms with Crippen LogP contribution in [0.4, 0.5) is 5.69 Å². The summed E-state index contributed by atoms with van der Waals surface area (Å²) in [4.78, 5) is 4.03. The molecule has 1 heterocycles. The molecule has 0 bridgehead atoms. The van der Waals surface area contributed by atoms with Crippen molar-refractivity contribution in [1.82, 2.24) is 4.98 Å². The Balaban J connectivity index is 2.17. The van der Waals surface area contributed by atoms with Crippen LogP contribution in [0, 0.1) is 0 Å².